The Labute approximate surface area is 82.8 Å². The summed E-state index contributed by atoms with van der Waals surface area (Å²) in [4.78, 5) is 4.10. The maximum Gasteiger partial charge on any atom is 0.321 e. The lowest BCUT2D eigenvalue weighted by Gasteiger charge is -2.26. The molecule has 1 saturated heterocycles. The monoisotopic (exact) mass is 197 g/mol. The number of aryl methyl sites for hydroxylation is 1. The molecule has 2 heterocycles. The number of nitrogens with one attached hydrogen (secondary N) is 1. The molecule has 1 fully saturated rings. The van der Waals surface area contributed by atoms with Crippen molar-refractivity contribution in [2.75, 3.05) is 11.9 Å². The van der Waals surface area contributed by atoms with Crippen molar-refractivity contribution < 1.29 is 9.26 Å². The molecule has 0 aliphatic carbocycles. The molecule has 1 aliphatic heterocycles. The molecule has 0 saturated carbocycles. The summed E-state index contributed by atoms with van der Waals surface area (Å²) in [6.45, 7) is 4.68. The molecule has 1 aliphatic rings. The fourth-order valence-corrected chi connectivity index (χ4v) is 1.66. The van der Waals surface area contributed by atoms with Gasteiger partial charge in [0.1, 0.15) is 0 Å². The van der Waals surface area contributed by atoms with Crippen molar-refractivity contribution in [3.05, 3.63) is 5.82 Å². The molecule has 78 valence electrons. The van der Waals surface area contributed by atoms with Crippen molar-refractivity contribution in [2.24, 2.45) is 0 Å². The number of anilines is 1. The van der Waals surface area contributed by atoms with Crippen LogP contribution in [0.4, 0.5) is 6.01 Å². The minimum absolute atomic E-state index is 0.310. The summed E-state index contributed by atoms with van der Waals surface area (Å²) in [6.07, 6.45) is 2.29. The van der Waals surface area contributed by atoms with Crippen LogP contribution in [-0.2, 0) is 4.74 Å². The minimum Gasteiger partial charge on any atom is -0.378 e. The van der Waals surface area contributed by atoms with E-state index in [-0.39, 0.29) is 0 Å². The smallest absolute Gasteiger partial charge is 0.321 e. The van der Waals surface area contributed by atoms with Crippen LogP contribution in [0.15, 0.2) is 4.52 Å². The normalized spacial score (nSPS) is 27.6. The molecule has 0 spiro atoms. The SMILES string of the molecule is Cc1noc(NC2CCOC(C)C2)n1. The number of ether oxygens (including phenoxy) is 1. The fourth-order valence-electron chi connectivity index (χ4n) is 1.66. The molecule has 0 amide bonds. The highest BCUT2D eigenvalue weighted by molar-refractivity contribution is 5.20. The molecule has 14 heavy (non-hydrogen) atoms. The summed E-state index contributed by atoms with van der Waals surface area (Å²) in [7, 11) is 0. The molecule has 0 aromatic carbocycles. The van der Waals surface area contributed by atoms with Crippen molar-refractivity contribution in [3.63, 3.8) is 0 Å². The Morgan fingerprint density at radius 1 is 1.50 bits per heavy atom. The van der Waals surface area contributed by atoms with Crippen molar-refractivity contribution in [2.45, 2.75) is 38.8 Å². The van der Waals surface area contributed by atoms with Gasteiger partial charge in [-0.3, -0.25) is 0 Å². The van der Waals surface area contributed by atoms with E-state index in [4.69, 9.17) is 9.26 Å². The van der Waals surface area contributed by atoms with Gasteiger partial charge in [-0.2, -0.15) is 4.98 Å². The molecule has 1 aromatic rings. The Hall–Kier alpha value is -1.10. The third kappa shape index (κ3) is 2.23. The van der Waals surface area contributed by atoms with E-state index in [0.29, 0.717) is 24.0 Å². The van der Waals surface area contributed by atoms with E-state index >= 15 is 0 Å². The van der Waals surface area contributed by atoms with E-state index in [2.05, 4.69) is 22.4 Å². The Morgan fingerprint density at radius 2 is 2.36 bits per heavy atom. The second kappa shape index (κ2) is 3.96. The van der Waals surface area contributed by atoms with Gasteiger partial charge < -0.3 is 14.6 Å². The average molecular weight is 197 g/mol. The fraction of sp³-hybridized carbons (Fsp3) is 0.778. The first kappa shape index (κ1) is 9.45. The Balaban J connectivity index is 1.90. The van der Waals surface area contributed by atoms with Crippen LogP contribution in [0.3, 0.4) is 0 Å². The minimum atomic E-state index is 0.310. The summed E-state index contributed by atoms with van der Waals surface area (Å²) < 4.78 is 10.4. The standard InChI is InChI=1S/C9H15N3O2/c1-6-5-8(3-4-13-6)11-9-10-7(2)12-14-9/h6,8H,3-5H2,1-2H3,(H,10,11,12). The van der Waals surface area contributed by atoms with Crippen LogP contribution in [0.1, 0.15) is 25.6 Å². The van der Waals surface area contributed by atoms with Gasteiger partial charge in [-0.05, 0) is 26.7 Å². The van der Waals surface area contributed by atoms with Crippen molar-refractivity contribution >= 4 is 6.01 Å². The van der Waals surface area contributed by atoms with Gasteiger partial charge >= 0.3 is 6.01 Å². The van der Waals surface area contributed by atoms with Crippen LogP contribution in [0.2, 0.25) is 0 Å². The maximum atomic E-state index is 5.44. The zero-order chi connectivity index (χ0) is 9.97. The van der Waals surface area contributed by atoms with E-state index < -0.39 is 0 Å². The molecule has 2 rings (SSSR count). The van der Waals surface area contributed by atoms with E-state index in [0.717, 1.165) is 19.4 Å². The van der Waals surface area contributed by atoms with Crippen LogP contribution in [0, 0.1) is 6.92 Å². The van der Waals surface area contributed by atoms with Gasteiger partial charge in [-0.25, -0.2) is 0 Å². The first-order valence-corrected chi connectivity index (χ1v) is 4.92. The van der Waals surface area contributed by atoms with Crippen LogP contribution in [-0.4, -0.2) is 28.9 Å². The summed E-state index contributed by atoms with van der Waals surface area (Å²) in [5, 5.41) is 6.93. The molecule has 1 aromatic heterocycles. The lowest BCUT2D eigenvalue weighted by Crippen LogP contribution is -2.32. The quantitative estimate of drug-likeness (QED) is 0.775. The van der Waals surface area contributed by atoms with E-state index in [1.54, 1.807) is 6.92 Å². The molecule has 2 unspecified atom stereocenters. The van der Waals surface area contributed by atoms with Crippen molar-refractivity contribution in [3.8, 4) is 0 Å². The van der Waals surface area contributed by atoms with Gasteiger partial charge in [0.2, 0.25) is 0 Å². The topological polar surface area (TPSA) is 60.2 Å². The maximum absolute atomic E-state index is 5.44. The number of nitrogens with zero attached hydrogens (tertiary/aromatic N) is 2. The number of hydrogen-bond acceptors (Lipinski definition) is 5. The molecule has 0 bridgehead atoms. The van der Waals surface area contributed by atoms with Crippen molar-refractivity contribution in [1.29, 1.82) is 0 Å². The number of rotatable bonds is 2. The molecule has 2 atom stereocenters. The zero-order valence-corrected chi connectivity index (χ0v) is 8.49. The second-order valence-electron chi connectivity index (χ2n) is 3.69. The van der Waals surface area contributed by atoms with Gasteiger partial charge in [-0.1, -0.05) is 5.16 Å². The Kier molecular flexibility index (Phi) is 2.67. The molecule has 0 radical (unpaired) electrons. The Bertz CT molecular complexity index is 300. The summed E-state index contributed by atoms with van der Waals surface area (Å²) in [5.74, 6) is 0.660. The zero-order valence-electron chi connectivity index (χ0n) is 8.49. The first-order chi connectivity index (χ1) is 6.74. The highest BCUT2D eigenvalue weighted by Crippen LogP contribution is 2.17. The largest absolute Gasteiger partial charge is 0.378 e. The van der Waals surface area contributed by atoms with Crippen LogP contribution in [0.5, 0.6) is 0 Å². The Morgan fingerprint density at radius 3 is 3.00 bits per heavy atom. The lowest BCUT2D eigenvalue weighted by atomic mass is 10.1. The predicted octanol–water partition coefficient (Wildman–Crippen LogP) is 1.36. The molecular formula is C9H15N3O2. The highest BCUT2D eigenvalue weighted by Gasteiger charge is 2.20. The van der Waals surface area contributed by atoms with Crippen LogP contribution < -0.4 is 5.32 Å². The van der Waals surface area contributed by atoms with Gasteiger partial charge in [-0.15, -0.1) is 0 Å². The van der Waals surface area contributed by atoms with Crippen LogP contribution in [0.25, 0.3) is 0 Å². The van der Waals surface area contributed by atoms with Gasteiger partial charge in [0.05, 0.1) is 6.10 Å². The third-order valence-electron chi connectivity index (χ3n) is 2.34. The van der Waals surface area contributed by atoms with E-state index in [9.17, 15) is 0 Å². The van der Waals surface area contributed by atoms with Gasteiger partial charge in [0.25, 0.3) is 0 Å². The molecule has 5 heteroatoms. The van der Waals surface area contributed by atoms with Crippen LogP contribution >= 0.6 is 0 Å². The third-order valence-corrected chi connectivity index (χ3v) is 2.34. The summed E-state index contributed by atoms with van der Waals surface area (Å²) >= 11 is 0. The predicted molar refractivity (Wildman–Crippen MR) is 51.1 cm³/mol. The highest BCUT2D eigenvalue weighted by atomic mass is 16.5. The number of hydrogen-bond donors (Lipinski definition) is 1. The molecule has 5 nitrogen and oxygen atoms in total. The molecular weight excluding hydrogens is 182 g/mol. The van der Waals surface area contributed by atoms with Gasteiger partial charge in [0, 0.05) is 12.6 Å². The summed E-state index contributed by atoms with van der Waals surface area (Å²) in [5.41, 5.74) is 0. The van der Waals surface area contributed by atoms with E-state index in [1.807, 2.05) is 0 Å². The summed E-state index contributed by atoms with van der Waals surface area (Å²) in [6, 6.07) is 0.903. The first-order valence-electron chi connectivity index (χ1n) is 4.92. The number of aromatic nitrogens is 2. The lowest BCUT2D eigenvalue weighted by molar-refractivity contribution is 0.0228. The molecule has 1 N–H and O–H groups in total. The van der Waals surface area contributed by atoms with Crippen molar-refractivity contribution in [1.82, 2.24) is 10.1 Å². The van der Waals surface area contributed by atoms with E-state index in [1.165, 1.54) is 0 Å². The second-order valence-corrected chi connectivity index (χ2v) is 3.69. The van der Waals surface area contributed by atoms with Gasteiger partial charge in [0.15, 0.2) is 5.82 Å². The average Bonchev–Trinajstić information content (AvgIpc) is 2.51.